The van der Waals surface area contributed by atoms with Crippen molar-refractivity contribution in [2.24, 2.45) is 0 Å². The summed E-state index contributed by atoms with van der Waals surface area (Å²) in [6.07, 6.45) is 0. The van der Waals surface area contributed by atoms with Crippen molar-refractivity contribution < 1.29 is 10.0 Å². The van der Waals surface area contributed by atoms with Gasteiger partial charge in [-0.15, -0.1) is 11.3 Å². The molecule has 0 atom stereocenters. The number of carbonyl (C=O) groups excluding carboxylic acids is 1. The summed E-state index contributed by atoms with van der Waals surface area (Å²) >= 11 is 4.68. The summed E-state index contributed by atoms with van der Waals surface area (Å²) in [4.78, 5) is 11.3. The first-order chi connectivity index (χ1) is 4.72. The molecule has 0 bridgehead atoms. The summed E-state index contributed by atoms with van der Waals surface area (Å²) in [6.45, 7) is 0. The van der Waals surface area contributed by atoms with E-state index in [2.05, 4.69) is 12.8 Å². The first-order valence-corrected chi connectivity index (χ1v) is 3.75. The van der Waals surface area contributed by atoms with E-state index in [-0.39, 0.29) is 4.47 Å². The fraction of sp³-hybridized carbons (Fsp3) is 0. The number of hydroxylamine groups is 1. The maximum Gasteiger partial charge on any atom is 0.297 e. The Morgan fingerprint density at radius 1 is 1.80 bits per heavy atom. The third kappa shape index (κ3) is 1.50. The lowest BCUT2D eigenvalue weighted by Crippen LogP contribution is -2.15. The minimum Gasteiger partial charge on any atom is -0.275 e. The molecule has 1 amide bonds. The van der Waals surface area contributed by atoms with Gasteiger partial charge in [-0.05, 0) is 24.3 Å². The standard InChI is InChI=1S/C5H5NO2S2/c7-5(6(8)9)4-2-1-3-10-4/h1-3,8-9H. The minimum atomic E-state index is -0.502. The van der Waals surface area contributed by atoms with Crippen LogP contribution < -0.4 is 0 Å². The zero-order valence-corrected chi connectivity index (χ0v) is 6.60. The maximum absolute atomic E-state index is 10.8. The molecule has 1 rings (SSSR count). The van der Waals surface area contributed by atoms with Gasteiger partial charge in [-0.1, -0.05) is 6.07 Å². The van der Waals surface area contributed by atoms with Crippen molar-refractivity contribution in [2.45, 2.75) is 0 Å². The normalized spacial score (nSPS) is 9.40. The second-order valence-electron chi connectivity index (χ2n) is 1.57. The highest BCUT2D eigenvalue weighted by atomic mass is 32.1. The Balaban J connectivity index is 2.78. The molecule has 0 aliphatic rings. The van der Waals surface area contributed by atoms with Gasteiger partial charge >= 0.3 is 0 Å². The highest BCUT2D eigenvalue weighted by Crippen LogP contribution is 2.11. The molecule has 1 aromatic heterocycles. The monoisotopic (exact) mass is 175 g/mol. The molecular formula is C5H5NO2S2. The third-order valence-electron chi connectivity index (χ3n) is 0.914. The van der Waals surface area contributed by atoms with E-state index in [1.807, 2.05) is 0 Å². The van der Waals surface area contributed by atoms with Crippen LogP contribution in [0.5, 0.6) is 0 Å². The van der Waals surface area contributed by atoms with E-state index in [0.717, 1.165) is 0 Å². The second-order valence-corrected chi connectivity index (χ2v) is 2.90. The van der Waals surface area contributed by atoms with Crippen molar-refractivity contribution in [2.75, 3.05) is 0 Å². The SMILES string of the molecule is O=C(c1cccs1)N(O)S. The third-order valence-corrected chi connectivity index (χ3v) is 1.95. The van der Waals surface area contributed by atoms with Crippen LogP contribution in [0.15, 0.2) is 17.5 Å². The van der Waals surface area contributed by atoms with E-state index in [4.69, 9.17) is 5.21 Å². The van der Waals surface area contributed by atoms with Gasteiger partial charge in [0.15, 0.2) is 0 Å². The van der Waals surface area contributed by atoms with Crippen LogP contribution in [-0.2, 0) is 0 Å². The van der Waals surface area contributed by atoms with Crippen molar-refractivity contribution in [1.82, 2.24) is 4.47 Å². The summed E-state index contributed by atoms with van der Waals surface area (Å²) in [7, 11) is 0. The van der Waals surface area contributed by atoms with Crippen LogP contribution >= 0.6 is 24.2 Å². The van der Waals surface area contributed by atoms with Crippen molar-refractivity contribution in [3.05, 3.63) is 22.4 Å². The lowest BCUT2D eigenvalue weighted by molar-refractivity contribution is 0.0175. The molecule has 0 radical (unpaired) electrons. The molecule has 0 saturated heterocycles. The Kier molecular flexibility index (Phi) is 2.31. The smallest absolute Gasteiger partial charge is 0.275 e. The van der Waals surface area contributed by atoms with Crippen LogP contribution in [0.3, 0.4) is 0 Å². The quantitative estimate of drug-likeness (QED) is 0.385. The van der Waals surface area contributed by atoms with Gasteiger partial charge in [0.1, 0.15) is 0 Å². The summed E-state index contributed by atoms with van der Waals surface area (Å²) in [6, 6.07) is 3.35. The number of carbonyl (C=O) groups is 1. The van der Waals surface area contributed by atoms with Crippen LogP contribution in [0.4, 0.5) is 0 Å². The van der Waals surface area contributed by atoms with Gasteiger partial charge in [0, 0.05) is 0 Å². The molecular weight excluding hydrogens is 170 g/mol. The molecule has 1 heterocycles. The molecule has 3 nitrogen and oxygen atoms in total. The first kappa shape index (κ1) is 7.59. The number of amides is 1. The second kappa shape index (κ2) is 3.05. The lowest BCUT2D eigenvalue weighted by Gasteiger charge is -2.02. The van der Waals surface area contributed by atoms with E-state index in [1.165, 1.54) is 11.3 Å². The van der Waals surface area contributed by atoms with E-state index in [1.54, 1.807) is 17.5 Å². The fourth-order valence-corrected chi connectivity index (χ4v) is 1.32. The van der Waals surface area contributed by atoms with Crippen molar-refractivity contribution >= 4 is 30.1 Å². The van der Waals surface area contributed by atoms with Crippen LogP contribution in [-0.4, -0.2) is 15.6 Å². The molecule has 0 spiro atoms. The molecule has 0 aromatic carbocycles. The van der Waals surface area contributed by atoms with Crippen molar-refractivity contribution in [3.8, 4) is 0 Å². The average Bonchev–Trinajstić information content (AvgIpc) is 2.36. The predicted octanol–water partition coefficient (Wildman–Crippen LogP) is 1.42. The highest BCUT2D eigenvalue weighted by molar-refractivity contribution is 7.78. The van der Waals surface area contributed by atoms with Crippen molar-refractivity contribution in [1.29, 1.82) is 0 Å². The number of nitrogens with zero attached hydrogens (tertiary/aromatic N) is 1. The molecule has 0 unspecified atom stereocenters. The number of rotatable bonds is 1. The Morgan fingerprint density at radius 3 is 2.90 bits per heavy atom. The summed E-state index contributed by atoms with van der Waals surface area (Å²) in [5.41, 5.74) is 0. The molecule has 0 saturated carbocycles. The van der Waals surface area contributed by atoms with E-state index in [0.29, 0.717) is 4.88 Å². The largest absolute Gasteiger partial charge is 0.297 e. The Labute approximate surface area is 67.4 Å². The molecule has 0 aliphatic heterocycles. The zero-order valence-electron chi connectivity index (χ0n) is 4.89. The van der Waals surface area contributed by atoms with Crippen LogP contribution in [0.1, 0.15) is 9.67 Å². The fourth-order valence-electron chi connectivity index (χ4n) is 0.499. The van der Waals surface area contributed by atoms with Gasteiger partial charge in [0.25, 0.3) is 5.91 Å². The summed E-state index contributed by atoms with van der Waals surface area (Å²) in [5, 5.41) is 10.3. The summed E-state index contributed by atoms with van der Waals surface area (Å²) in [5.74, 6) is -0.502. The van der Waals surface area contributed by atoms with Crippen LogP contribution in [0.25, 0.3) is 0 Å². The Bertz CT molecular complexity index is 220. The molecule has 5 heteroatoms. The lowest BCUT2D eigenvalue weighted by atomic mass is 10.5. The Morgan fingerprint density at radius 2 is 2.50 bits per heavy atom. The first-order valence-electron chi connectivity index (χ1n) is 2.47. The van der Waals surface area contributed by atoms with E-state index >= 15 is 0 Å². The molecule has 0 aliphatic carbocycles. The van der Waals surface area contributed by atoms with Gasteiger partial charge in [-0.3, -0.25) is 10.0 Å². The average molecular weight is 175 g/mol. The number of hydrogen-bond acceptors (Lipinski definition) is 4. The molecule has 1 aromatic rings. The van der Waals surface area contributed by atoms with Crippen molar-refractivity contribution in [3.63, 3.8) is 0 Å². The number of thiol groups is 1. The summed E-state index contributed by atoms with van der Waals surface area (Å²) < 4.78 is 0.270. The molecule has 0 fully saturated rings. The minimum absolute atomic E-state index is 0.270. The topological polar surface area (TPSA) is 40.5 Å². The number of hydrogen-bond donors (Lipinski definition) is 2. The highest BCUT2D eigenvalue weighted by Gasteiger charge is 2.09. The van der Waals surface area contributed by atoms with Crippen LogP contribution in [0.2, 0.25) is 0 Å². The Hall–Kier alpha value is -0.520. The molecule has 1 N–H and O–H groups in total. The van der Waals surface area contributed by atoms with Crippen LogP contribution in [0, 0.1) is 0 Å². The number of thiophene rings is 1. The zero-order chi connectivity index (χ0) is 7.56. The van der Waals surface area contributed by atoms with Gasteiger partial charge in [0.05, 0.1) is 4.88 Å². The van der Waals surface area contributed by atoms with Gasteiger partial charge < -0.3 is 0 Å². The molecule has 10 heavy (non-hydrogen) atoms. The van der Waals surface area contributed by atoms with Gasteiger partial charge in [0.2, 0.25) is 0 Å². The van der Waals surface area contributed by atoms with Gasteiger partial charge in [-0.25, -0.2) is 0 Å². The maximum atomic E-state index is 10.8. The molecule has 54 valence electrons. The predicted molar refractivity (Wildman–Crippen MR) is 41.3 cm³/mol. The van der Waals surface area contributed by atoms with Gasteiger partial charge in [-0.2, -0.15) is 4.47 Å². The van der Waals surface area contributed by atoms with E-state index in [9.17, 15) is 4.79 Å². The van der Waals surface area contributed by atoms with E-state index < -0.39 is 5.91 Å².